The second kappa shape index (κ2) is 5.82. The molecule has 0 aromatic heterocycles. The summed E-state index contributed by atoms with van der Waals surface area (Å²) in [5, 5.41) is 9.27. The van der Waals surface area contributed by atoms with E-state index in [1.165, 1.54) is 25.7 Å². The van der Waals surface area contributed by atoms with Gasteiger partial charge in [-0.1, -0.05) is 13.8 Å². The van der Waals surface area contributed by atoms with Crippen LogP contribution in [0.25, 0.3) is 0 Å². The zero-order valence-electron chi connectivity index (χ0n) is 12.7. The summed E-state index contributed by atoms with van der Waals surface area (Å²) in [7, 11) is 0. The van der Waals surface area contributed by atoms with Gasteiger partial charge in [-0.05, 0) is 70.4 Å². The summed E-state index contributed by atoms with van der Waals surface area (Å²) in [6.07, 6.45) is 6.96. The minimum Gasteiger partial charge on any atom is -0.481 e. The van der Waals surface area contributed by atoms with Crippen molar-refractivity contribution in [3.8, 4) is 0 Å². The van der Waals surface area contributed by atoms with E-state index in [4.69, 9.17) is 0 Å². The van der Waals surface area contributed by atoms with Gasteiger partial charge in [-0.15, -0.1) is 0 Å². The molecule has 0 radical (unpaired) electrons. The van der Waals surface area contributed by atoms with Crippen molar-refractivity contribution in [2.24, 2.45) is 17.3 Å². The van der Waals surface area contributed by atoms with Crippen molar-refractivity contribution in [3.05, 3.63) is 0 Å². The Morgan fingerprint density at radius 3 is 2.11 bits per heavy atom. The number of rotatable bonds is 3. The number of carboxylic acids is 1. The van der Waals surface area contributed by atoms with Crippen LogP contribution in [-0.2, 0) is 4.79 Å². The van der Waals surface area contributed by atoms with Crippen molar-refractivity contribution in [2.45, 2.75) is 65.3 Å². The molecule has 3 heteroatoms. The largest absolute Gasteiger partial charge is 0.481 e. The Bertz CT molecular complexity index is 311. The fourth-order valence-electron chi connectivity index (χ4n) is 3.73. The highest BCUT2D eigenvalue weighted by Crippen LogP contribution is 2.36. The normalized spacial score (nSPS) is 32.4. The number of likely N-dealkylation sites (tertiary alicyclic amines) is 1. The number of aliphatic carboxylic acids is 1. The summed E-state index contributed by atoms with van der Waals surface area (Å²) in [5.74, 6) is 1.11. The highest BCUT2D eigenvalue weighted by atomic mass is 16.4. The van der Waals surface area contributed by atoms with Gasteiger partial charge >= 0.3 is 5.97 Å². The topological polar surface area (TPSA) is 40.5 Å². The molecule has 0 amide bonds. The zero-order valence-corrected chi connectivity index (χ0v) is 12.7. The molecule has 0 unspecified atom stereocenters. The number of hydrogen-bond donors (Lipinski definition) is 1. The van der Waals surface area contributed by atoms with Crippen molar-refractivity contribution >= 4 is 5.97 Å². The Kier molecular flexibility index (Phi) is 4.54. The van der Waals surface area contributed by atoms with E-state index in [1.54, 1.807) is 0 Å². The Labute approximate surface area is 117 Å². The molecule has 1 aliphatic carbocycles. The lowest BCUT2D eigenvalue weighted by Gasteiger charge is -2.43. The molecular formula is C16H29NO2. The van der Waals surface area contributed by atoms with Gasteiger partial charge in [0.2, 0.25) is 0 Å². The highest BCUT2D eigenvalue weighted by molar-refractivity contribution is 5.74. The summed E-state index contributed by atoms with van der Waals surface area (Å²) in [6, 6.07) is 0.716. The number of piperidine rings is 1. The fraction of sp³-hybridized carbons (Fsp3) is 0.938. The predicted molar refractivity (Wildman–Crippen MR) is 77.1 cm³/mol. The van der Waals surface area contributed by atoms with Gasteiger partial charge in [0.1, 0.15) is 0 Å². The summed E-state index contributed by atoms with van der Waals surface area (Å²) >= 11 is 0. The molecule has 0 atom stereocenters. The average molecular weight is 267 g/mol. The van der Waals surface area contributed by atoms with Gasteiger partial charge in [-0.3, -0.25) is 4.79 Å². The molecule has 0 bridgehead atoms. The van der Waals surface area contributed by atoms with Crippen LogP contribution in [0, 0.1) is 17.3 Å². The molecule has 3 nitrogen and oxygen atoms in total. The summed E-state index contributed by atoms with van der Waals surface area (Å²) in [5.41, 5.74) is -0.481. The molecule has 2 rings (SSSR count). The lowest BCUT2D eigenvalue weighted by molar-refractivity contribution is -0.151. The predicted octanol–water partition coefficient (Wildman–Crippen LogP) is 3.39. The van der Waals surface area contributed by atoms with Gasteiger partial charge in [0.15, 0.2) is 0 Å². The molecule has 0 aromatic carbocycles. The molecule has 19 heavy (non-hydrogen) atoms. The second-order valence-corrected chi connectivity index (χ2v) is 7.21. The van der Waals surface area contributed by atoms with Crippen LogP contribution in [0.4, 0.5) is 0 Å². The Hall–Kier alpha value is -0.570. The Morgan fingerprint density at radius 2 is 1.68 bits per heavy atom. The molecule has 1 saturated heterocycles. The van der Waals surface area contributed by atoms with E-state index in [0.717, 1.165) is 37.8 Å². The molecule has 2 fully saturated rings. The van der Waals surface area contributed by atoms with E-state index < -0.39 is 11.4 Å². The molecule has 1 aliphatic heterocycles. The van der Waals surface area contributed by atoms with Crippen LogP contribution in [0.1, 0.15) is 59.3 Å². The van der Waals surface area contributed by atoms with Crippen LogP contribution >= 0.6 is 0 Å². The van der Waals surface area contributed by atoms with Crippen LogP contribution < -0.4 is 0 Å². The zero-order chi connectivity index (χ0) is 14.0. The lowest BCUT2D eigenvalue weighted by Crippen LogP contribution is -2.48. The Morgan fingerprint density at radius 1 is 1.16 bits per heavy atom. The standard InChI is InChI=1S/C16H29NO2/c1-12(2)13-4-6-14(7-5-13)17-10-8-16(3,9-11-17)15(18)19/h12-14H,4-11H2,1-3H3,(H,18,19). The van der Waals surface area contributed by atoms with Gasteiger partial charge in [0.25, 0.3) is 0 Å². The van der Waals surface area contributed by atoms with E-state index in [9.17, 15) is 9.90 Å². The quantitative estimate of drug-likeness (QED) is 0.852. The first-order valence-corrected chi connectivity index (χ1v) is 7.90. The van der Waals surface area contributed by atoms with Gasteiger partial charge in [0.05, 0.1) is 5.41 Å². The molecular weight excluding hydrogens is 238 g/mol. The number of hydrogen-bond acceptors (Lipinski definition) is 2. The maximum atomic E-state index is 11.3. The molecule has 1 N–H and O–H groups in total. The monoisotopic (exact) mass is 267 g/mol. The lowest BCUT2D eigenvalue weighted by atomic mass is 9.76. The second-order valence-electron chi connectivity index (χ2n) is 7.21. The maximum Gasteiger partial charge on any atom is 0.309 e. The molecule has 110 valence electrons. The van der Waals surface area contributed by atoms with Crippen molar-refractivity contribution in [3.63, 3.8) is 0 Å². The molecule has 0 aromatic rings. The van der Waals surface area contributed by atoms with Crippen molar-refractivity contribution in [1.82, 2.24) is 4.90 Å². The van der Waals surface area contributed by atoms with E-state index in [2.05, 4.69) is 18.7 Å². The first-order valence-electron chi connectivity index (χ1n) is 7.90. The van der Waals surface area contributed by atoms with E-state index in [0.29, 0.717) is 6.04 Å². The van der Waals surface area contributed by atoms with E-state index in [1.807, 2.05) is 6.92 Å². The third-order valence-corrected chi connectivity index (χ3v) is 5.62. The minimum absolute atomic E-state index is 0.481. The maximum absolute atomic E-state index is 11.3. The SMILES string of the molecule is CC(C)C1CCC(N2CCC(C)(C(=O)O)CC2)CC1. The van der Waals surface area contributed by atoms with Gasteiger partial charge in [-0.25, -0.2) is 0 Å². The third kappa shape index (κ3) is 3.31. The van der Waals surface area contributed by atoms with Crippen LogP contribution in [0.15, 0.2) is 0 Å². The van der Waals surface area contributed by atoms with E-state index >= 15 is 0 Å². The number of carboxylic acid groups (broad SMARTS) is 1. The van der Waals surface area contributed by atoms with Crippen molar-refractivity contribution in [1.29, 1.82) is 0 Å². The highest BCUT2D eigenvalue weighted by Gasteiger charge is 2.39. The number of carbonyl (C=O) groups is 1. The molecule has 1 saturated carbocycles. The Balaban J connectivity index is 1.82. The summed E-state index contributed by atoms with van der Waals surface area (Å²) < 4.78 is 0. The van der Waals surface area contributed by atoms with Crippen molar-refractivity contribution < 1.29 is 9.90 Å². The third-order valence-electron chi connectivity index (χ3n) is 5.62. The molecule has 1 heterocycles. The van der Waals surface area contributed by atoms with Gasteiger partial charge < -0.3 is 10.0 Å². The molecule has 2 aliphatic rings. The first-order chi connectivity index (χ1) is 8.92. The van der Waals surface area contributed by atoms with Crippen molar-refractivity contribution in [2.75, 3.05) is 13.1 Å². The smallest absolute Gasteiger partial charge is 0.309 e. The van der Waals surface area contributed by atoms with Crippen LogP contribution in [0.2, 0.25) is 0 Å². The summed E-state index contributed by atoms with van der Waals surface area (Å²) in [6.45, 7) is 8.52. The van der Waals surface area contributed by atoms with Gasteiger partial charge in [0, 0.05) is 6.04 Å². The first kappa shape index (κ1) is 14.8. The van der Waals surface area contributed by atoms with E-state index in [-0.39, 0.29) is 0 Å². The van der Waals surface area contributed by atoms with Crippen LogP contribution in [0.3, 0.4) is 0 Å². The average Bonchev–Trinajstić information content (AvgIpc) is 2.39. The molecule has 0 spiro atoms. The summed E-state index contributed by atoms with van der Waals surface area (Å²) in [4.78, 5) is 13.8. The van der Waals surface area contributed by atoms with Crippen LogP contribution in [0.5, 0.6) is 0 Å². The number of nitrogens with zero attached hydrogens (tertiary/aromatic N) is 1. The van der Waals surface area contributed by atoms with Gasteiger partial charge in [-0.2, -0.15) is 0 Å². The van der Waals surface area contributed by atoms with Crippen LogP contribution in [-0.4, -0.2) is 35.1 Å². The fourth-order valence-corrected chi connectivity index (χ4v) is 3.73. The minimum atomic E-state index is -0.615.